The van der Waals surface area contributed by atoms with Gasteiger partial charge in [-0.3, -0.25) is 0 Å². The standard InChI is InChI=1S/C14H18N4O/c1-3-18(2)14-16-13(19-17-14)12-11-7-5-4-6-10(11)8-9-15-12/h4-7,12,15H,3,8-9H2,1-2H3. The first-order chi connectivity index (χ1) is 9.29. The third kappa shape index (κ3) is 2.21. The maximum atomic E-state index is 5.42. The van der Waals surface area contributed by atoms with Crippen LogP contribution in [-0.2, 0) is 6.42 Å². The number of fused-ring (bicyclic) bond motifs is 1. The van der Waals surface area contributed by atoms with Crippen molar-refractivity contribution < 1.29 is 4.52 Å². The van der Waals surface area contributed by atoms with Gasteiger partial charge in [-0.2, -0.15) is 4.98 Å². The highest BCUT2D eigenvalue weighted by Gasteiger charge is 2.26. The number of anilines is 1. The van der Waals surface area contributed by atoms with Crippen molar-refractivity contribution in [3.8, 4) is 0 Å². The zero-order valence-electron chi connectivity index (χ0n) is 11.3. The van der Waals surface area contributed by atoms with Gasteiger partial charge in [0.2, 0.25) is 5.89 Å². The minimum absolute atomic E-state index is 0.0106. The number of benzene rings is 1. The monoisotopic (exact) mass is 258 g/mol. The van der Waals surface area contributed by atoms with Crippen LogP contribution in [0.3, 0.4) is 0 Å². The lowest BCUT2D eigenvalue weighted by molar-refractivity contribution is 0.343. The molecule has 2 aromatic rings. The first-order valence-electron chi connectivity index (χ1n) is 6.65. The van der Waals surface area contributed by atoms with Gasteiger partial charge in [0.1, 0.15) is 6.04 Å². The molecule has 1 unspecified atom stereocenters. The number of nitrogens with one attached hydrogen (secondary N) is 1. The van der Waals surface area contributed by atoms with E-state index < -0.39 is 0 Å². The Morgan fingerprint density at radius 1 is 1.42 bits per heavy atom. The van der Waals surface area contributed by atoms with Crippen LogP contribution in [0.2, 0.25) is 0 Å². The average Bonchev–Trinajstić information content (AvgIpc) is 2.95. The van der Waals surface area contributed by atoms with Crippen molar-refractivity contribution >= 4 is 5.95 Å². The quantitative estimate of drug-likeness (QED) is 0.909. The van der Waals surface area contributed by atoms with E-state index in [9.17, 15) is 0 Å². The second kappa shape index (κ2) is 5.01. The molecule has 0 bridgehead atoms. The molecule has 100 valence electrons. The van der Waals surface area contributed by atoms with Gasteiger partial charge in [0.05, 0.1) is 0 Å². The number of nitrogens with zero attached hydrogens (tertiary/aromatic N) is 3. The van der Waals surface area contributed by atoms with Crippen molar-refractivity contribution in [3.63, 3.8) is 0 Å². The van der Waals surface area contributed by atoms with Gasteiger partial charge in [-0.1, -0.05) is 24.3 Å². The summed E-state index contributed by atoms with van der Waals surface area (Å²) in [6.45, 7) is 3.85. The van der Waals surface area contributed by atoms with E-state index in [1.54, 1.807) is 0 Å². The van der Waals surface area contributed by atoms with E-state index in [1.165, 1.54) is 11.1 Å². The fourth-order valence-corrected chi connectivity index (χ4v) is 2.37. The molecule has 0 spiro atoms. The molecular weight excluding hydrogens is 240 g/mol. The molecule has 1 aromatic carbocycles. The fourth-order valence-electron chi connectivity index (χ4n) is 2.37. The lowest BCUT2D eigenvalue weighted by atomic mass is 9.94. The summed E-state index contributed by atoms with van der Waals surface area (Å²) < 4.78 is 5.42. The summed E-state index contributed by atoms with van der Waals surface area (Å²) in [5.41, 5.74) is 2.60. The van der Waals surface area contributed by atoms with Crippen molar-refractivity contribution in [2.75, 3.05) is 25.0 Å². The second-order valence-electron chi connectivity index (χ2n) is 4.78. The molecule has 0 saturated heterocycles. The molecule has 2 heterocycles. The first-order valence-corrected chi connectivity index (χ1v) is 6.65. The van der Waals surface area contributed by atoms with E-state index in [4.69, 9.17) is 4.52 Å². The van der Waals surface area contributed by atoms with Gasteiger partial charge >= 0.3 is 0 Å². The second-order valence-corrected chi connectivity index (χ2v) is 4.78. The molecule has 5 heteroatoms. The van der Waals surface area contributed by atoms with E-state index in [2.05, 4.69) is 40.6 Å². The average molecular weight is 258 g/mol. The molecule has 0 radical (unpaired) electrons. The molecule has 0 aliphatic carbocycles. The minimum atomic E-state index is 0.0106. The predicted octanol–water partition coefficient (Wildman–Crippen LogP) is 1.76. The summed E-state index contributed by atoms with van der Waals surface area (Å²) in [6, 6.07) is 8.43. The van der Waals surface area contributed by atoms with E-state index in [1.807, 2.05) is 18.0 Å². The lowest BCUT2D eigenvalue weighted by Gasteiger charge is -2.23. The van der Waals surface area contributed by atoms with Gasteiger partial charge in [-0.25, -0.2) is 0 Å². The van der Waals surface area contributed by atoms with E-state index >= 15 is 0 Å². The lowest BCUT2D eigenvalue weighted by Crippen LogP contribution is -2.30. The first kappa shape index (κ1) is 12.2. The molecule has 1 aliphatic rings. The third-order valence-corrected chi connectivity index (χ3v) is 3.60. The predicted molar refractivity (Wildman–Crippen MR) is 73.2 cm³/mol. The summed E-state index contributed by atoms with van der Waals surface area (Å²) in [6.07, 6.45) is 1.04. The molecular formula is C14H18N4O. The minimum Gasteiger partial charge on any atom is -0.342 e. The zero-order valence-corrected chi connectivity index (χ0v) is 11.3. The smallest absolute Gasteiger partial charge is 0.265 e. The van der Waals surface area contributed by atoms with Crippen molar-refractivity contribution in [2.24, 2.45) is 0 Å². The molecule has 0 amide bonds. The zero-order chi connectivity index (χ0) is 13.2. The molecule has 1 aliphatic heterocycles. The Hall–Kier alpha value is -1.88. The molecule has 1 N–H and O–H groups in total. The van der Waals surface area contributed by atoms with Crippen molar-refractivity contribution in [3.05, 3.63) is 41.3 Å². The number of hydrogen-bond acceptors (Lipinski definition) is 5. The van der Waals surface area contributed by atoms with Crippen LogP contribution in [0.25, 0.3) is 0 Å². The van der Waals surface area contributed by atoms with Crippen molar-refractivity contribution in [1.29, 1.82) is 0 Å². The molecule has 19 heavy (non-hydrogen) atoms. The summed E-state index contributed by atoms with van der Waals surface area (Å²) in [5.74, 6) is 1.28. The number of rotatable bonds is 3. The van der Waals surface area contributed by atoms with Crippen LogP contribution in [0.5, 0.6) is 0 Å². The van der Waals surface area contributed by atoms with Gasteiger partial charge in [0.15, 0.2) is 0 Å². The highest BCUT2D eigenvalue weighted by Crippen LogP contribution is 2.28. The SMILES string of the molecule is CCN(C)c1noc(C2NCCc3ccccc32)n1. The number of hydrogen-bond donors (Lipinski definition) is 1. The molecule has 0 fully saturated rings. The molecule has 5 nitrogen and oxygen atoms in total. The van der Waals surface area contributed by atoms with Crippen LogP contribution >= 0.6 is 0 Å². The highest BCUT2D eigenvalue weighted by atomic mass is 16.5. The Labute approximate surface area is 112 Å². The van der Waals surface area contributed by atoms with Crippen LogP contribution < -0.4 is 10.2 Å². The number of aromatic nitrogens is 2. The summed E-state index contributed by atoms with van der Waals surface area (Å²) in [5, 5.41) is 7.48. The highest BCUT2D eigenvalue weighted by molar-refractivity contribution is 5.36. The van der Waals surface area contributed by atoms with Gasteiger partial charge < -0.3 is 14.7 Å². The van der Waals surface area contributed by atoms with Crippen LogP contribution in [0, 0.1) is 0 Å². The molecule has 1 aromatic heterocycles. The maximum Gasteiger partial charge on any atom is 0.265 e. The van der Waals surface area contributed by atoms with E-state index in [0.29, 0.717) is 11.8 Å². The van der Waals surface area contributed by atoms with Crippen molar-refractivity contribution in [2.45, 2.75) is 19.4 Å². The van der Waals surface area contributed by atoms with Crippen LogP contribution in [0.1, 0.15) is 30.0 Å². The summed E-state index contributed by atoms with van der Waals surface area (Å²) in [4.78, 5) is 6.45. The topological polar surface area (TPSA) is 54.2 Å². The van der Waals surface area contributed by atoms with Gasteiger partial charge in [0, 0.05) is 20.1 Å². The Balaban J connectivity index is 1.93. The largest absolute Gasteiger partial charge is 0.342 e. The Morgan fingerprint density at radius 2 is 2.26 bits per heavy atom. The van der Waals surface area contributed by atoms with Crippen LogP contribution in [-0.4, -0.2) is 30.3 Å². The summed E-state index contributed by atoms with van der Waals surface area (Å²) in [7, 11) is 1.96. The summed E-state index contributed by atoms with van der Waals surface area (Å²) >= 11 is 0. The Morgan fingerprint density at radius 3 is 3.11 bits per heavy atom. The van der Waals surface area contributed by atoms with Crippen LogP contribution in [0.4, 0.5) is 5.95 Å². The fraction of sp³-hybridized carbons (Fsp3) is 0.429. The maximum absolute atomic E-state index is 5.42. The molecule has 1 atom stereocenters. The van der Waals surface area contributed by atoms with Gasteiger partial charge in [-0.05, 0) is 29.6 Å². The van der Waals surface area contributed by atoms with E-state index in [-0.39, 0.29) is 6.04 Å². The van der Waals surface area contributed by atoms with Crippen LogP contribution in [0.15, 0.2) is 28.8 Å². The molecule has 0 saturated carbocycles. The van der Waals surface area contributed by atoms with Gasteiger partial charge in [0.25, 0.3) is 5.95 Å². The van der Waals surface area contributed by atoms with Gasteiger partial charge in [-0.15, -0.1) is 0 Å². The van der Waals surface area contributed by atoms with Crippen molar-refractivity contribution in [1.82, 2.24) is 15.5 Å². The van der Waals surface area contributed by atoms with E-state index in [0.717, 1.165) is 19.5 Å². The Kier molecular flexibility index (Phi) is 3.21. The Bertz CT molecular complexity index is 566. The normalized spacial score (nSPS) is 18.1. The third-order valence-electron chi connectivity index (χ3n) is 3.60. The molecule has 3 rings (SSSR count).